The Morgan fingerprint density at radius 2 is 0.676 bits per heavy atom. The first-order valence-electron chi connectivity index (χ1n) is 25.2. The number of hydrogen-bond acceptors (Lipinski definition) is 0. The molecule has 0 aromatic heterocycles. The zero-order valence-corrected chi connectivity index (χ0v) is 40.0. The lowest BCUT2D eigenvalue weighted by Crippen LogP contribution is -2.15. The molecule has 0 N–H and O–H groups in total. The molecule has 0 aliphatic heterocycles. The molecule has 2 aliphatic carbocycles. The molecule has 0 nitrogen and oxygen atoms in total. The summed E-state index contributed by atoms with van der Waals surface area (Å²) in [5, 5.41) is 10.1. The quantitative estimate of drug-likeness (QED) is 0.146. The molecule has 14 rings (SSSR count). The molecule has 0 amide bonds. The van der Waals surface area contributed by atoms with Gasteiger partial charge in [-0.3, -0.25) is 0 Å². The Hall–Kier alpha value is -8.58. The Morgan fingerprint density at radius 1 is 0.296 bits per heavy atom. The molecule has 0 atom stereocenters. The van der Waals surface area contributed by atoms with E-state index in [1.807, 2.05) is 0 Å². The average molecular weight is 903 g/mol. The normalized spacial score (nSPS) is 13.4. The van der Waals surface area contributed by atoms with Gasteiger partial charge in [-0.25, -0.2) is 0 Å². The van der Waals surface area contributed by atoms with Crippen molar-refractivity contribution in [3.63, 3.8) is 0 Å². The van der Waals surface area contributed by atoms with Gasteiger partial charge in [-0.05, 0) is 180 Å². The summed E-state index contributed by atoms with van der Waals surface area (Å²) in [5.41, 5.74) is 23.1. The summed E-state index contributed by atoms with van der Waals surface area (Å²) in [6.45, 7) is 4.82. The zero-order chi connectivity index (χ0) is 47.2. The smallest absolute Gasteiger partial charge is 0.0159 e. The van der Waals surface area contributed by atoms with Gasteiger partial charge in [-0.1, -0.05) is 232 Å². The van der Waals surface area contributed by atoms with E-state index >= 15 is 0 Å². The van der Waals surface area contributed by atoms with Crippen molar-refractivity contribution in [1.82, 2.24) is 0 Å². The molecule has 334 valence electrons. The molecule has 12 aromatic rings. The van der Waals surface area contributed by atoms with Crippen LogP contribution in [0.15, 0.2) is 237 Å². The van der Waals surface area contributed by atoms with Crippen molar-refractivity contribution in [2.24, 2.45) is 0 Å². The number of allylic oxidation sites excluding steroid dienone is 1. The number of fused-ring (bicyclic) bond motifs is 8. The summed E-state index contributed by atoms with van der Waals surface area (Å²) in [6, 6.07) is 86.7. The Kier molecular flexibility index (Phi) is 9.48. The van der Waals surface area contributed by atoms with Crippen LogP contribution in [-0.2, 0) is 11.8 Å². The zero-order valence-electron chi connectivity index (χ0n) is 40.0. The van der Waals surface area contributed by atoms with Gasteiger partial charge < -0.3 is 0 Å². The van der Waals surface area contributed by atoms with Gasteiger partial charge >= 0.3 is 0 Å². The third-order valence-corrected chi connectivity index (χ3v) is 15.9. The second-order valence-electron chi connectivity index (χ2n) is 20.2. The summed E-state index contributed by atoms with van der Waals surface area (Å²) in [4.78, 5) is 0. The van der Waals surface area contributed by atoms with E-state index in [0.29, 0.717) is 0 Å². The van der Waals surface area contributed by atoms with Crippen LogP contribution in [0.5, 0.6) is 0 Å². The molecule has 12 aromatic carbocycles. The molecule has 0 saturated carbocycles. The predicted octanol–water partition coefficient (Wildman–Crippen LogP) is 19.6. The number of hydrogen-bond donors (Lipinski definition) is 0. The number of aryl methyl sites for hydroxylation is 1. The second kappa shape index (κ2) is 16.3. The van der Waals surface area contributed by atoms with Gasteiger partial charge in [-0.2, -0.15) is 0 Å². The van der Waals surface area contributed by atoms with E-state index in [1.54, 1.807) is 0 Å². The first kappa shape index (κ1) is 41.4. The van der Waals surface area contributed by atoms with E-state index in [2.05, 4.69) is 257 Å². The van der Waals surface area contributed by atoms with Gasteiger partial charge in [0.1, 0.15) is 0 Å². The summed E-state index contributed by atoms with van der Waals surface area (Å²) in [7, 11) is 0. The van der Waals surface area contributed by atoms with Crippen molar-refractivity contribution in [3.8, 4) is 77.9 Å². The largest absolute Gasteiger partial charge is 0.0836 e. The van der Waals surface area contributed by atoms with Gasteiger partial charge in [0, 0.05) is 5.41 Å². The van der Waals surface area contributed by atoms with Crippen molar-refractivity contribution < 1.29 is 0 Å². The lowest BCUT2D eigenvalue weighted by molar-refractivity contribution is 0.661. The molecule has 0 fully saturated rings. The van der Waals surface area contributed by atoms with E-state index in [4.69, 9.17) is 0 Å². The fourth-order valence-corrected chi connectivity index (χ4v) is 12.4. The Morgan fingerprint density at radius 3 is 1.24 bits per heavy atom. The van der Waals surface area contributed by atoms with Crippen LogP contribution in [0.2, 0.25) is 0 Å². The van der Waals surface area contributed by atoms with Crippen LogP contribution in [-0.4, -0.2) is 0 Å². The molecule has 0 saturated heterocycles. The van der Waals surface area contributed by atoms with Crippen LogP contribution in [0, 0.1) is 0 Å². The van der Waals surface area contributed by atoms with Crippen LogP contribution in [0.1, 0.15) is 42.5 Å². The van der Waals surface area contributed by atoms with Crippen LogP contribution < -0.4 is 0 Å². The maximum Gasteiger partial charge on any atom is 0.0159 e. The average Bonchev–Trinajstić information content (AvgIpc) is 3.66. The Labute approximate surface area is 415 Å². The molecule has 2 aliphatic rings. The molecule has 0 heterocycles. The fourth-order valence-electron chi connectivity index (χ4n) is 12.4. The first-order valence-corrected chi connectivity index (χ1v) is 25.2. The van der Waals surface area contributed by atoms with Gasteiger partial charge in [0.15, 0.2) is 0 Å². The SMILES string of the molecule is CC1(C)c2cc(-c3ccc4c(c3)C=CCC4)ccc2-c2ccc(-c3c4ccccc4c(-c4ccc(-c5c6ccccc6c(-c6ccccc6)c6cc(-c7ccccc7)ccc56)cc4)c4ccccc34)cc21. The van der Waals surface area contributed by atoms with E-state index in [0.717, 1.165) is 12.8 Å². The van der Waals surface area contributed by atoms with E-state index in [9.17, 15) is 0 Å². The van der Waals surface area contributed by atoms with Gasteiger partial charge in [-0.15, -0.1) is 0 Å². The van der Waals surface area contributed by atoms with Crippen molar-refractivity contribution in [2.45, 2.75) is 32.1 Å². The molecule has 71 heavy (non-hydrogen) atoms. The predicted molar refractivity (Wildman–Crippen MR) is 304 cm³/mol. The molecular weight excluding hydrogens is 853 g/mol. The van der Waals surface area contributed by atoms with Crippen molar-refractivity contribution in [3.05, 3.63) is 259 Å². The highest BCUT2D eigenvalue weighted by molar-refractivity contribution is 6.23. The summed E-state index contributed by atoms with van der Waals surface area (Å²) in [6.07, 6.45) is 6.85. The lowest BCUT2D eigenvalue weighted by Gasteiger charge is -2.23. The van der Waals surface area contributed by atoms with E-state index in [1.165, 1.54) is 143 Å². The highest BCUT2D eigenvalue weighted by atomic mass is 14.4. The van der Waals surface area contributed by atoms with Crippen LogP contribution >= 0.6 is 0 Å². The first-order chi connectivity index (χ1) is 35.0. The minimum atomic E-state index is -0.166. The van der Waals surface area contributed by atoms with Crippen LogP contribution in [0.25, 0.3) is 127 Å². The van der Waals surface area contributed by atoms with E-state index < -0.39 is 0 Å². The molecule has 0 radical (unpaired) electrons. The minimum absolute atomic E-state index is 0.166. The topological polar surface area (TPSA) is 0 Å². The third kappa shape index (κ3) is 6.59. The summed E-state index contributed by atoms with van der Waals surface area (Å²) >= 11 is 0. The maximum absolute atomic E-state index is 2.50. The Balaban J connectivity index is 0.895. The Bertz CT molecular complexity index is 4090. The highest BCUT2D eigenvalue weighted by Crippen LogP contribution is 2.53. The number of rotatable bonds is 6. The molecule has 0 spiro atoms. The molecular formula is C71H50. The summed E-state index contributed by atoms with van der Waals surface area (Å²) in [5.74, 6) is 0. The van der Waals surface area contributed by atoms with Gasteiger partial charge in [0.25, 0.3) is 0 Å². The van der Waals surface area contributed by atoms with Crippen molar-refractivity contribution >= 4 is 49.2 Å². The van der Waals surface area contributed by atoms with E-state index in [-0.39, 0.29) is 5.41 Å². The van der Waals surface area contributed by atoms with Gasteiger partial charge in [0.2, 0.25) is 0 Å². The fraction of sp³-hybridized carbons (Fsp3) is 0.0704. The number of benzene rings is 12. The lowest BCUT2D eigenvalue weighted by atomic mass is 9.79. The maximum atomic E-state index is 2.50. The molecule has 0 heteroatoms. The van der Waals surface area contributed by atoms with Crippen molar-refractivity contribution in [2.75, 3.05) is 0 Å². The van der Waals surface area contributed by atoms with Crippen molar-refractivity contribution in [1.29, 1.82) is 0 Å². The third-order valence-electron chi connectivity index (χ3n) is 15.9. The monoisotopic (exact) mass is 902 g/mol. The van der Waals surface area contributed by atoms with Crippen LogP contribution in [0.4, 0.5) is 0 Å². The van der Waals surface area contributed by atoms with Crippen LogP contribution in [0.3, 0.4) is 0 Å². The molecule has 0 bridgehead atoms. The highest BCUT2D eigenvalue weighted by Gasteiger charge is 2.36. The minimum Gasteiger partial charge on any atom is -0.0836 e. The van der Waals surface area contributed by atoms with Gasteiger partial charge in [0.05, 0.1) is 0 Å². The second-order valence-corrected chi connectivity index (χ2v) is 20.2. The standard InChI is InChI=1S/C71H50/c1-71(2)65-43-53(51-34-29-46-19-9-10-22-50(46)41-51)35-38-55(65)56-39-37-54(44-66(56)71)70-61-27-15-12-24-58(61)67(59-25-13-16-28-62(59)70)48-30-32-49(33-31-48)68-57-23-11-14-26-60(57)69(47-20-7-4-8-21-47)64-42-52(36-40-63(64)68)45-17-5-3-6-18-45/h3-8,10-18,20-44H,9,19H2,1-2H3. The summed E-state index contributed by atoms with van der Waals surface area (Å²) < 4.78 is 0. The molecule has 0 unspecified atom stereocenters.